The third-order valence-corrected chi connectivity index (χ3v) is 2.63. The molecule has 0 fully saturated rings. The minimum absolute atomic E-state index is 0.331. The largest absolute Gasteiger partial charge is 0.467 e. The first-order chi connectivity index (χ1) is 9.31. The van der Waals surface area contributed by atoms with Crippen LogP contribution in [0.2, 0.25) is 0 Å². The highest BCUT2D eigenvalue weighted by atomic mass is 16.6. The van der Waals surface area contributed by atoms with Gasteiger partial charge >= 0.3 is 5.97 Å². The zero-order valence-electron chi connectivity index (χ0n) is 10.7. The Kier molecular flexibility index (Phi) is 4.64. The molecule has 4 nitrogen and oxygen atoms in total. The van der Waals surface area contributed by atoms with Crippen molar-refractivity contribution in [1.82, 2.24) is 4.98 Å². The lowest BCUT2D eigenvalue weighted by molar-refractivity contribution is -0.155. The van der Waals surface area contributed by atoms with E-state index < -0.39 is 12.1 Å². The number of methoxy groups -OCH3 is 1. The van der Waals surface area contributed by atoms with E-state index in [0.717, 1.165) is 5.56 Å². The van der Waals surface area contributed by atoms with Crippen LogP contribution < -0.4 is 0 Å². The maximum Gasteiger partial charge on any atom is 0.341 e. The third-order valence-electron chi connectivity index (χ3n) is 2.63. The standard InChI is InChI=1S/C15H15NO3/c1-18-15(17)14(13-9-5-6-10-16-13)19-11-12-7-3-2-4-8-12/h2-10,14H,11H2,1H3. The van der Waals surface area contributed by atoms with Crippen LogP contribution in [0.15, 0.2) is 54.7 Å². The van der Waals surface area contributed by atoms with E-state index >= 15 is 0 Å². The number of aromatic nitrogens is 1. The zero-order valence-corrected chi connectivity index (χ0v) is 10.7. The van der Waals surface area contributed by atoms with Gasteiger partial charge in [-0.15, -0.1) is 0 Å². The molecule has 1 aromatic heterocycles. The molecule has 2 aromatic rings. The van der Waals surface area contributed by atoms with Gasteiger partial charge in [0.25, 0.3) is 0 Å². The number of carbonyl (C=O) groups is 1. The van der Waals surface area contributed by atoms with Gasteiger partial charge in [0.05, 0.1) is 19.4 Å². The van der Waals surface area contributed by atoms with E-state index in [1.165, 1.54) is 7.11 Å². The number of carbonyl (C=O) groups excluding carboxylic acids is 1. The fourth-order valence-electron chi connectivity index (χ4n) is 1.67. The average molecular weight is 257 g/mol. The van der Waals surface area contributed by atoms with E-state index in [0.29, 0.717) is 12.3 Å². The highest BCUT2D eigenvalue weighted by Crippen LogP contribution is 2.18. The molecular weight excluding hydrogens is 242 g/mol. The van der Waals surface area contributed by atoms with E-state index in [4.69, 9.17) is 9.47 Å². The first-order valence-corrected chi connectivity index (χ1v) is 5.95. The molecule has 0 amide bonds. The van der Waals surface area contributed by atoms with Crippen molar-refractivity contribution in [2.24, 2.45) is 0 Å². The lowest BCUT2D eigenvalue weighted by atomic mass is 10.2. The van der Waals surface area contributed by atoms with Gasteiger partial charge in [-0.2, -0.15) is 0 Å². The van der Waals surface area contributed by atoms with Crippen molar-refractivity contribution in [2.75, 3.05) is 7.11 Å². The summed E-state index contributed by atoms with van der Waals surface area (Å²) in [6.07, 6.45) is 0.823. The second-order valence-electron chi connectivity index (χ2n) is 3.95. The van der Waals surface area contributed by atoms with Crippen molar-refractivity contribution in [1.29, 1.82) is 0 Å². The molecule has 98 valence electrons. The number of nitrogens with zero attached hydrogens (tertiary/aromatic N) is 1. The van der Waals surface area contributed by atoms with Crippen LogP contribution in [0.4, 0.5) is 0 Å². The fraction of sp³-hybridized carbons (Fsp3) is 0.200. The predicted molar refractivity (Wildman–Crippen MR) is 70.2 cm³/mol. The van der Waals surface area contributed by atoms with Gasteiger partial charge in [-0.1, -0.05) is 36.4 Å². The molecule has 0 N–H and O–H groups in total. The van der Waals surface area contributed by atoms with Gasteiger partial charge in [-0.25, -0.2) is 4.79 Å². The van der Waals surface area contributed by atoms with Crippen LogP contribution in [0, 0.1) is 0 Å². The summed E-state index contributed by atoms with van der Waals surface area (Å²) in [4.78, 5) is 15.9. The Morgan fingerprint density at radius 2 is 1.89 bits per heavy atom. The lowest BCUT2D eigenvalue weighted by Crippen LogP contribution is -2.18. The summed E-state index contributed by atoms with van der Waals surface area (Å²) in [7, 11) is 1.34. The summed E-state index contributed by atoms with van der Waals surface area (Å²) < 4.78 is 10.4. The molecule has 1 heterocycles. The van der Waals surface area contributed by atoms with Gasteiger partial charge in [0, 0.05) is 6.20 Å². The molecule has 0 saturated heterocycles. The van der Waals surface area contributed by atoms with E-state index in [1.54, 1.807) is 18.3 Å². The van der Waals surface area contributed by atoms with E-state index in [1.807, 2.05) is 36.4 Å². The van der Waals surface area contributed by atoms with Gasteiger partial charge < -0.3 is 9.47 Å². The maximum absolute atomic E-state index is 11.7. The second-order valence-corrected chi connectivity index (χ2v) is 3.95. The second kappa shape index (κ2) is 6.66. The molecular formula is C15H15NO3. The monoisotopic (exact) mass is 257 g/mol. The molecule has 1 unspecified atom stereocenters. The molecule has 0 radical (unpaired) electrons. The number of rotatable bonds is 5. The normalized spacial score (nSPS) is 11.8. The van der Waals surface area contributed by atoms with Crippen molar-refractivity contribution in [3.05, 3.63) is 66.0 Å². The number of esters is 1. The summed E-state index contributed by atoms with van der Waals surface area (Å²) in [6.45, 7) is 0.331. The summed E-state index contributed by atoms with van der Waals surface area (Å²) >= 11 is 0. The highest BCUT2D eigenvalue weighted by Gasteiger charge is 2.23. The zero-order chi connectivity index (χ0) is 13.5. The Morgan fingerprint density at radius 3 is 2.53 bits per heavy atom. The van der Waals surface area contributed by atoms with Crippen LogP contribution in [-0.4, -0.2) is 18.1 Å². The molecule has 1 aromatic carbocycles. The topological polar surface area (TPSA) is 48.4 Å². The Labute approximate surface area is 112 Å². The minimum Gasteiger partial charge on any atom is -0.467 e. The van der Waals surface area contributed by atoms with Crippen molar-refractivity contribution >= 4 is 5.97 Å². The van der Waals surface area contributed by atoms with Crippen molar-refractivity contribution in [3.63, 3.8) is 0 Å². The van der Waals surface area contributed by atoms with Crippen LogP contribution >= 0.6 is 0 Å². The van der Waals surface area contributed by atoms with Crippen LogP contribution in [0.3, 0.4) is 0 Å². The molecule has 0 saturated carbocycles. The van der Waals surface area contributed by atoms with E-state index in [9.17, 15) is 4.79 Å². The van der Waals surface area contributed by atoms with Gasteiger partial charge in [0.2, 0.25) is 0 Å². The Balaban J connectivity index is 2.09. The quantitative estimate of drug-likeness (QED) is 0.772. The molecule has 0 aliphatic carbocycles. The summed E-state index contributed by atoms with van der Waals surface area (Å²) in [5.74, 6) is -0.449. The van der Waals surface area contributed by atoms with Gasteiger partial charge in [-0.3, -0.25) is 4.98 Å². The molecule has 2 rings (SSSR count). The van der Waals surface area contributed by atoms with Crippen LogP contribution in [0.25, 0.3) is 0 Å². The summed E-state index contributed by atoms with van der Waals surface area (Å²) in [5, 5.41) is 0. The van der Waals surface area contributed by atoms with Gasteiger partial charge in [-0.05, 0) is 17.7 Å². The lowest BCUT2D eigenvalue weighted by Gasteiger charge is -2.15. The number of benzene rings is 1. The van der Waals surface area contributed by atoms with Crippen molar-refractivity contribution < 1.29 is 14.3 Å². The number of hydrogen-bond acceptors (Lipinski definition) is 4. The van der Waals surface area contributed by atoms with Crippen molar-refractivity contribution in [2.45, 2.75) is 12.7 Å². The molecule has 0 aliphatic heterocycles. The summed E-state index contributed by atoms with van der Waals surface area (Å²) in [5.41, 5.74) is 1.54. The first-order valence-electron chi connectivity index (χ1n) is 5.95. The molecule has 19 heavy (non-hydrogen) atoms. The maximum atomic E-state index is 11.7. The van der Waals surface area contributed by atoms with Crippen LogP contribution in [-0.2, 0) is 20.9 Å². The van der Waals surface area contributed by atoms with Gasteiger partial charge in [0.1, 0.15) is 0 Å². The number of pyridine rings is 1. The Bertz CT molecular complexity index is 513. The van der Waals surface area contributed by atoms with Gasteiger partial charge in [0.15, 0.2) is 6.10 Å². The first kappa shape index (κ1) is 13.2. The minimum atomic E-state index is -0.800. The molecule has 1 atom stereocenters. The average Bonchev–Trinajstić information content (AvgIpc) is 2.49. The Hall–Kier alpha value is -2.20. The molecule has 4 heteroatoms. The number of ether oxygens (including phenoxy) is 2. The van der Waals surface area contributed by atoms with E-state index in [2.05, 4.69) is 4.98 Å². The molecule has 0 bridgehead atoms. The highest BCUT2D eigenvalue weighted by molar-refractivity contribution is 5.75. The van der Waals surface area contributed by atoms with Crippen molar-refractivity contribution in [3.8, 4) is 0 Å². The van der Waals surface area contributed by atoms with Crippen LogP contribution in [0.5, 0.6) is 0 Å². The smallest absolute Gasteiger partial charge is 0.341 e. The predicted octanol–water partition coefficient (Wildman–Crippen LogP) is 2.51. The SMILES string of the molecule is COC(=O)C(OCc1ccccc1)c1ccccn1. The summed E-state index contributed by atoms with van der Waals surface area (Å²) in [6, 6.07) is 15.0. The van der Waals surface area contributed by atoms with Crippen LogP contribution in [0.1, 0.15) is 17.4 Å². The third kappa shape index (κ3) is 3.63. The molecule has 0 spiro atoms. The number of hydrogen-bond donors (Lipinski definition) is 0. The van der Waals surface area contributed by atoms with E-state index in [-0.39, 0.29) is 0 Å². The molecule has 0 aliphatic rings. The fourth-order valence-corrected chi connectivity index (χ4v) is 1.67. The Morgan fingerprint density at radius 1 is 1.16 bits per heavy atom.